The zero-order chi connectivity index (χ0) is 8.16. The van der Waals surface area contributed by atoms with E-state index in [1.54, 1.807) is 0 Å². The summed E-state index contributed by atoms with van der Waals surface area (Å²) in [5, 5.41) is 0. The van der Waals surface area contributed by atoms with Crippen LogP contribution < -0.4 is 0 Å². The van der Waals surface area contributed by atoms with Crippen LogP contribution in [0, 0.1) is 0 Å². The molecule has 0 aromatic rings. The second kappa shape index (κ2) is 4.51. The summed E-state index contributed by atoms with van der Waals surface area (Å²) in [6.07, 6.45) is 9.72. The van der Waals surface area contributed by atoms with Gasteiger partial charge in [-0.05, 0) is 0 Å². The predicted molar refractivity (Wildman–Crippen MR) is 47.5 cm³/mol. The summed E-state index contributed by atoms with van der Waals surface area (Å²) in [7, 11) is 0. The second-order valence-corrected chi connectivity index (χ2v) is 3.87. The Kier molecular flexibility index (Phi) is 3.93. The molecule has 0 aromatic carbocycles. The molecule has 0 aromatic heterocycles. The third-order valence-corrected chi connectivity index (χ3v) is 3.69. The van der Waals surface area contributed by atoms with Gasteiger partial charge < -0.3 is 0 Å². The Balaban J connectivity index is 2.55. The van der Waals surface area contributed by atoms with Crippen molar-refractivity contribution in [3.8, 4) is 0 Å². The van der Waals surface area contributed by atoms with Gasteiger partial charge in [-0.1, -0.05) is 0 Å². The second-order valence-electron chi connectivity index (χ2n) is 3.29. The van der Waals surface area contributed by atoms with Gasteiger partial charge in [0.25, 0.3) is 0 Å². The van der Waals surface area contributed by atoms with Crippen LogP contribution in [-0.4, -0.2) is 28.5 Å². The average molecular weight is 258 g/mol. The Morgan fingerprint density at radius 1 is 1.18 bits per heavy atom. The monoisotopic (exact) mass is 259 g/mol. The van der Waals surface area contributed by atoms with Crippen molar-refractivity contribution < 1.29 is 3.07 Å². The van der Waals surface area contributed by atoms with Crippen molar-refractivity contribution in [2.75, 3.05) is 0 Å². The molecule has 11 heavy (non-hydrogen) atoms. The zero-order valence-corrected chi connectivity index (χ0v) is 9.79. The summed E-state index contributed by atoms with van der Waals surface area (Å²) in [5.41, 5.74) is 0.0504. The summed E-state index contributed by atoms with van der Waals surface area (Å²) in [5.74, 6) is 0. The summed E-state index contributed by atoms with van der Waals surface area (Å²) in [6, 6.07) is 0. The Morgan fingerprint density at radius 3 is 2.09 bits per heavy atom. The van der Waals surface area contributed by atoms with E-state index in [-0.39, 0.29) is 5.60 Å². The molecule has 0 amide bonds. The fraction of sp³-hybridized carbons (Fsp3) is 0.778. The van der Waals surface area contributed by atoms with E-state index in [4.69, 9.17) is 3.07 Å². The first kappa shape index (κ1) is 9.59. The van der Waals surface area contributed by atoms with Crippen molar-refractivity contribution in [2.45, 2.75) is 44.1 Å². The van der Waals surface area contributed by atoms with Crippen molar-refractivity contribution in [1.82, 2.24) is 0 Å². The van der Waals surface area contributed by atoms with Crippen LogP contribution in [0.1, 0.15) is 38.5 Å². The van der Waals surface area contributed by atoms with E-state index in [0.29, 0.717) is 0 Å². The zero-order valence-electron chi connectivity index (χ0n) is 6.94. The molecule has 0 spiro atoms. The van der Waals surface area contributed by atoms with Crippen molar-refractivity contribution in [1.29, 1.82) is 0 Å². The minimum absolute atomic E-state index is 0.0504. The first-order chi connectivity index (χ1) is 5.33. The van der Waals surface area contributed by atoms with Crippen LogP contribution in [0.5, 0.6) is 0 Å². The van der Waals surface area contributed by atoms with E-state index < -0.39 is 0 Å². The molecular formula is C9H15OSn. The van der Waals surface area contributed by atoms with Crippen LogP contribution in [0.4, 0.5) is 0 Å². The van der Waals surface area contributed by atoms with Crippen LogP contribution >= 0.6 is 0 Å². The third kappa shape index (κ3) is 2.48. The molecule has 1 aliphatic carbocycles. The van der Waals surface area contributed by atoms with Crippen LogP contribution in [-0.2, 0) is 3.07 Å². The molecule has 0 bridgehead atoms. The summed E-state index contributed by atoms with van der Waals surface area (Å²) < 4.78 is 5.58. The normalized spacial score (nSPS) is 24.1. The number of rotatable bonds is 2. The van der Waals surface area contributed by atoms with Gasteiger partial charge in [0, 0.05) is 0 Å². The van der Waals surface area contributed by atoms with Gasteiger partial charge in [0.15, 0.2) is 0 Å². The standard InChI is InChI=1S/C9H15O.Sn/c1-2-9(10)7-5-3-4-6-8-9;/h2H,1,3-8H2;/q-1;+1. The molecule has 1 fully saturated rings. The summed E-state index contributed by atoms with van der Waals surface area (Å²) in [6.45, 7) is 3.86. The van der Waals surface area contributed by atoms with Crippen molar-refractivity contribution in [3.05, 3.63) is 12.7 Å². The van der Waals surface area contributed by atoms with E-state index in [0.717, 1.165) is 0 Å². The maximum absolute atomic E-state index is 5.58. The molecule has 0 heterocycles. The number of hydrogen-bond acceptors (Lipinski definition) is 1. The topological polar surface area (TPSA) is 9.23 Å². The van der Waals surface area contributed by atoms with Gasteiger partial charge >= 0.3 is 82.8 Å². The first-order valence-corrected chi connectivity index (χ1v) is 5.48. The first-order valence-electron chi connectivity index (χ1n) is 4.31. The average Bonchev–Trinajstić information content (AvgIpc) is 2.30. The van der Waals surface area contributed by atoms with Crippen LogP contribution in [0.25, 0.3) is 0 Å². The van der Waals surface area contributed by atoms with Crippen LogP contribution in [0.15, 0.2) is 12.7 Å². The Bertz CT molecular complexity index is 126. The van der Waals surface area contributed by atoms with E-state index >= 15 is 0 Å². The molecule has 3 radical (unpaired) electrons. The van der Waals surface area contributed by atoms with Gasteiger partial charge in [-0.25, -0.2) is 0 Å². The van der Waals surface area contributed by atoms with Crippen LogP contribution in [0.3, 0.4) is 0 Å². The van der Waals surface area contributed by atoms with E-state index in [2.05, 4.69) is 6.58 Å². The molecule has 61 valence electrons. The van der Waals surface area contributed by atoms with Crippen LogP contribution in [0.2, 0.25) is 0 Å². The summed E-state index contributed by atoms with van der Waals surface area (Å²) in [4.78, 5) is 0. The molecule has 0 saturated heterocycles. The van der Waals surface area contributed by atoms with Gasteiger partial charge in [-0.3, -0.25) is 0 Å². The minimum atomic E-state index is 0.0504. The van der Waals surface area contributed by atoms with Crippen molar-refractivity contribution in [3.63, 3.8) is 0 Å². The SMILES string of the molecule is C=CC1([O][Sn])CCCCCC1. The molecule has 0 aliphatic heterocycles. The third-order valence-electron chi connectivity index (χ3n) is 2.53. The molecule has 2 heteroatoms. The fourth-order valence-electron chi connectivity index (χ4n) is 1.67. The molecule has 1 saturated carbocycles. The van der Waals surface area contributed by atoms with Gasteiger partial charge in [0.05, 0.1) is 0 Å². The number of hydrogen-bond donors (Lipinski definition) is 0. The fourth-order valence-corrected chi connectivity index (χ4v) is 2.50. The van der Waals surface area contributed by atoms with Gasteiger partial charge in [0.2, 0.25) is 0 Å². The van der Waals surface area contributed by atoms with Gasteiger partial charge in [-0.15, -0.1) is 0 Å². The quantitative estimate of drug-likeness (QED) is 0.419. The van der Waals surface area contributed by atoms with Crippen molar-refractivity contribution >= 4 is 22.9 Å². The molecule has 1 aliphatic rings. The predicted octanol–water partition coefficient (Wildman–Crippen LogP) is 2.37. The molecule has 1 nitrogen and oxygen atoms in total. The van der Waals surface area contributed by atoms with E-state index in [9.17, 15) is 0 Å². The maximum atomic E-state index is 5.58. The van der Waals surface area contributed by atoms with E-state index in [1.165, 1.54) is 61.5 Å². The molecule has 0 atom stereocenters. The molecule has 1 rings (SSSR count). The van der Waals surface area contributed by atoms with Gasteiger partial charge in [-0.2, -0.15) is 0 Å². The Morgan fingerprint density at radius 2 is 1.73 bits per heavy atom. The Labute approximate surface area is 82.8 Å². The van der Waals surface area contributed by atoms with E-state index in [1.807, 2.05) is 6.08 Å². The molecular weight excluding hydrogens is 243 g/mol. The molecule has 0 unspecified atom stereocenters. The Hall–Kier alpha value is 0.499. The van der Waals surface area contributed by atoms with Crippen molar-refractivity contribution in [2.24, 2.45) is 0 Å². The molecule has 0 N–H and O–H groups in total. The summed E-state index contributed by atoms with van der Waals surface area (Å²) >= 11 is 1.18. The van der Waals surface area contributed by atoms with Gasteiger partial charge in [0.1, 0.15) is 0 Å².